The van der Waals surface area contributed by atoms with Gasteiger partial charge in [0.05, 0.1) is 18.8 Å². The number of nitrogens with zero attached hydrogens (tertiary/aromatic N) is 1. The van der Waals surface area contributed by atoms with Gasteiger partial charge in [-0.25, -0.2) is 0 Å². The van der Waals surface area contributed by atoms with Gasteiger partial charge >= 0.3 is 0 Å². The van der Waals surface area contributed by atoms with Gasteiger partial charge in [-0.1, -0.05) is 6.07 Å². The van der Waals surface area contributed by atoms with Crippen LogP contribution in [-0.4, -0.2) is 23.3 Å². The number of pyridine rings is 1. The van der Waals surface area contributed by atoms with Crippen LogP contribution in [0.3, 0.4) is 0 Å². The van der Waals surface area contributed by atoms with Gasteiger partial charge in [0.1, 0.15) is 0 Å². The van der Waals surface area contributed by atoms with Crippen molar-refractivity contribution in [2.24, 2.45) is 0 Å². The summed E-state index contributed by atoms with van der Waals surface area (Å²) in [5.74, 6) is -0.446. The monoisotopic (exact) mass is 207 g/mol. The van der Waals surface area contributed by atoms with Crippen LogP contribution in [0.4, 0.5) is 0 Å². The average Bonchev–Trinajstić information content (AvgIpc) is 2.25. The highest BCUT2D eigenvalue weighted by atomic mass is 16.2. The van der Waals surface area contributed by atoms with Crippen molar-refractivity contribution in [3.8, 4) is 0 Å². The maximum Gasteiger partial charge on any atom is 0.239 e. The highest BCUT2D eigenvalue weighted by molar-refractivity contribution is 5.83. The summed E-state index contributed by atoms with van der Waals surface area (Å²) in [4.78, 5) is 25.7. The van der Waals surface area contributed by atoms with E-state index in [4.69, 9.17) is 0 Å². The van der Waals surface area contributed by atoms with E-state index >= 15 is 0 Å². The van der Waals surface area contributed by atoms with Gasteiger partial charge in [0, 0.05) is 13.1 Å². The van der Waals surface area contributed by atoms with Crippen molar-refractivity contribution in [1.82, 2.24) is 15.6 Å². The largest absolute Gasteiger partial charge is 0.349 e. The fourth-order valence-corrected chi connectivity index (χ4v) is 0.959. The molecule has 0 radical (unpaired) electrons. The summed E-state index contributed by atoms with van der Waals surface area (Å²) in [7, 11) is 0. The van der Waals surface area contributed by atoms with E-state index in [2.05, 4.69) is 15.6 Å². The second kappa shape index (κ2) is 5.74. The molecule has 0 aliphatic heterocycles. The molecule has 1 rings (SSSR count). The minimum atomic E-state index is -0.226. The van der Waals surface area contributed by atoms with Crippen LogP contribution < -0.4 is 10.6 Å². The van der Waals surface area contributed by atoms with Crippen molar-refractivity contribution in [3.63, 3.8) is 0 Å². The highest BCUT2D eigenvalue weighted by Gasteiger charge is 2.01. The molecule has 1 aromatic rings. The molecular weight excluding hydrogens is 194 g/mol. The Morgan fingerprint density at radius 2 is 2.13 bits per heavy atom. The Labute approximate surface area is 87.9 Å². The number of aromatic nitrogens is 1. The molecule has 80 valence electrons. The first-order valence-electron chi connectivity index (χ1n) is 4.59. The van der Waals surface area contributed by atoms with E-state index in [0.29, 0.717) is 6.54 Å². The predicted molar refractivity (Wildman–Crippen MR) is 54.8 cm³/mol. The van der Waals surface area contributed by atoms with Gasteiger partial charge in [0.25, 0.3) is 0 Å². The first kappa shape index (κ1) is 11.2. The van der Waals surface area contributed by atoms with Gasteiger partial charge in [0.2, 0.25) is 11.8 Å². The normalized spacial score (nSPS) is 9.40. The van der Waals surface area contributed by atoms with Crippen molar-refractivity contribution in [1.29, 1.82) is 0 Å². The van der Waals surface area contributed by atoms with Gasteiger partial charge in [-0.05, 0) is 12.1 Å². The van der Waals surface area contributed by atoms with Crippen LogP contribution in [0.1, 0.15) is 12.6 Å². The molecule has 0 saturated carbocycles. The van der Waals surface area contributed by atoms with Crippen molar-refractivity contribution in [2.45, 2.75) is 13.5 Å². The molecule has 1 heterocycles. The van der Waals surface area contributed by atoms with Crippen LogP contribution in [0, 0.1) is 0 Å². The lowest BCUT2D eigenvalue weighted by atomic mass is 10.3. The first-order valence-corrected chi connectivity index (χ1v) is 4.59. The van der Waals surface area contributed by atoms with Crippen LogP contribution in [0.2, 0.25) is 0 Å². The molecule has 0 spiro atoms. The zero-order valence-electron chi connectivity index (χ0n) is 8.49. The molecule has 0 saturated heterocycles. The molecule has 2 N–H and O–H groups in total. The van der Waals surface area contributed by atoms with Crippen molar-refractivity contribution >= 4 is 11.8 Å². The topological polar surface area (TPSA) is 71.1 Å². The number of hydrogen-bond donors (Lipinski definition) is 2. The summed E-state index contributed by atoms with van der Waals surface area (Å²) < 4.78 is 0. The summed E-state index contributed by atoms with van der Waals surface area (Å²) in [6, 6.07) is 5.48. The van der Waals surface area contributed by atoms with Crippen LogP contribution in [0.5, 0.6) is 0 Å². The quantitative estimate of drug-likeness (QED) is 0.720. The van der Waals surface area contributed by atoms with Gasteiger partial charge in [-0.15, -0.1) is 0 Å². The Hall–Kier alpha value is -1.91. The Bertz CT molecular complexity index is 338. The summed E-state index contributed by atoms with van der Waals surface area (Å²) in [5.41, 5.74) is 0.786. The Morgan fingerprint density at radius 1 is 1.33 bits per heavy atom. The zero-order chi connectivity index (χ0) is 11.1. The zero-order valence-corrected chi connectivity index (χ0v) is 8.49. The Kier molecular flexibility index (Phi) is 4.28. The second-order valence-electron chi connectivity index (χ2n) is 3.01. The summed E-state index contributed by atoms with van der Waals surface area (Å²) in [6.07, 6.45) is 1.66. The Morgan fingerprint density at radius 3 is 2.73 bits per heavy atom. The maximum atomic E-state index is 11.2. The molecule has 15 heavy (non-hydrogen) atoms. The number of carbonyl (C=O) groups is 2. The van der Waals surface area contributed by atoms with Crippen LogP contribution in [0.25, 0.3) is 0 Å². The van der Waals surface area contributed by atoms with E-state index in [9.17, 15) is 9.59 Å². The molecule has 5 heteroatoms. The molecule has 0 bridgehead atoms. The number of hydrogen-bond acceptors (Lipinski definition) is 3. The van der Waals surface area contributed by atoms with E-state index in [1.807, 2.05) is 18.2 Å². The third kappa shape index (κ3) is 4.75. The first-order chi connectivity index (χ1) is 7.18. The molecule has 2 amide bonds. The predicted octanol–water partition coefficient (Wildman–Crippen LogP) is -0.166. The third-order valence-electron chi connectivity index (χ3n) is 1.69. The molecule has 0 atom stereocenters. The molecule has 0 unspecified atom stereocenters. The molecule has 0 fully saturated rings. The summed E-state index contributed by atoms with van der Waals surface area (Å²) in [5, 5.41) is 5.05. The van der Waals surface area contributed by atoms with Crippen LogP contribution >= 0.6 is 0 Å². The molecule has 0 aliphatic rings. The lowest BCUT2D eigenvalue weighted by Gasteiger charge is -2.04. The minimum Gasteiger partial charge on any atom is -0.349 e. The van der Waals surface area contributed by atoms with Crippen molar-refractivity contribution in [3.05, 3.63) is 30.1 Å². The fraction of sp³-hybridized carbons (Fsp3) is 0.300. The smallest absolute Gasteiger partial charge is 0.239 e. The Balaban J connectivity index is 2.26. The number of carbonyl (C=O) groups excluding carboxylic acids is 2. The van der Waals surface area contributed by atoms with Gasteiger partial charge in [-0.3, -0.25) is 14.6 Å². The SMILES string of the molecule is CC(=O)NCC(=O)NCc1ccccn1. The van der Waals surface area contributed by atoms with Gasteiger partial charge < -0.3 is 10.6 Å². The molecule has 1 aromatic heterocycles. The molecule has 0 aliphatic carbocycles. The second-order valence-corrected chi connectivity index (χ2v) is 3.01. The standard InChI is InChI=1S/C10H13N3O2/c1-8(14)12-7-10(15)13-6-9-4-2-3-5-11-9/h2-5H,6-7H2,1H3,(H,12,14)(H,13,15). The average molecular weight is 207 g/mol. The van der Waals surface area contributed by atoms with E-state index in [1.165, 1.54) is 6.92 Å². The van der Waals surface area contributed by atoms with Gasteiger partial charge in [-0.2, -0.15) is 0 Å². The molecular formula is C10H13N3O2. The van der Waals surface area contributed by atoms with Crippen molar-refractivity contribution < 1.29 is 9.59 Å². The van der Waals surface area contributed by atoms with E-state index in [1.54, 1.807) is 6.20 Å². The third-order valence-corrected chi connectivity index (χ3v) is 1.69. The van der Waals surface area contributed by atoms with E-state index in [-0.39, 0.29) is 18.4 Å². The van der Waals surface area contributed by atoms with Crippen LogP contribution in [-0.2, 0) is 16.1 Å². The van der Waals surface area contributed by atoms with E-state index in [0.717, 1.165) is 5.69 Å². The summed E-state index contributed by atoms with van der Waals surface area (Å²) >= 11 is 0. The number of amides is 2. The highest BCUT2D eigenvalue weighted by Crippen LogP contribution is 1.91. The lowest BCUT2D eigenvalue weighted by Crippen LogP contribution is -2.35. The van der Waals surface area contributed by atoms with E-state index < -0.39 is 0 Å². The fourth-order valence-electron chi connectivity index (χ4n) is 0.959. The molecule has 0 aromatic carbocycles. The molecule has 5 nitrogen and oxygen atoms in total. The minimum absolute atomic E-state index is 0.00215. The number of nitrogens with one attached hydrogen (secondary N) is 2. The maximum absolute atomic E-state index is 11.2. The van der Waals surface area contributed by atoms with Crippen LogP contribution in [0.15, 0.2) is 24.4 Å². The van der Waals surface area contributed by atoms with Crippen molar-refractivity contribution in [2.75, 3.05) is 6.54 Å². The lowest BCUT2D eigenvalue weighted by molar-refractivity contribution is -0.125. The summed E-state index contributed by atoms with van der Waals surface area (Å²) in [6.45, 7) is 1.74. The number of rotatable bonds is 4. The van der Waals surface area contributed by atoms with Gasteiger partial charge in [0.15, 0.2) is 0 Å².